The maximum absolute atomic E-state index is 12.6. The Morgan fingerprint density at radius 2 is 1.91 bits per heavy atom. The minimum Gasteiger partial charge on any atom is -0.491 e. The van der Waals surface area contributed by atoms with Gasteiger partial charge in [-0.1, -0.05) is 18.2 Å². The summed E-state index contributed by atoms with van der Waals surface area (Å²) < 4.78 is 45.8. The van der Waals surface area contributed by atoms with Gasteiger partial charge in [0, 0.05) is 42.3 Å². The van der Waals surface area contributed by atoms with Crippen LogP contribution in [0.15, 0.2) is 79.1 Å². The van der Waals surface area contributed by atoms with Crippen LogP contribution in [0, 0.1) is 0 Å². The Balaban J connectivity index is 0.000000210. The zero-order valence-corrected chi connectivity index (χ0v) is 18.3. The summed E-state index contributed by atoms with van der Waals surface area (Å²) in [5, 5.41) is 4.14. The fourth-order valence-electron chi connectivity index (χ4n) is 3.64. The minimum absolute atomic E-state index is 0.0840. The smallest absolute Gasteiger partial charge is 0.491 e. The predicted molar refractivity (Wildman–Crippen MR) is 121 cm³/mol. The molecule has 176 valence electrons. The number of carbonyl (C=O) groups is 1. The quantitative estimate of drug-likeness (QED) is 0.436. The van der Waals surface area contributed by atoms with Crippen molar-refractivity contribution in [1.82, 2.24) is 14.9 Å². The van der Waals surface area contributed by atoms with Crippen LogP contribution in [0.5, 0.6) is 11.5 Å². The van der Waals surface area contributed by atoms with E-state index in [2.05, 4.69) is 15.0 Å². The van der Waals surface area contributed by atoms with E-state index in [1.807, 2.05) is 54.2 Å². The van der Waals surface area contributed by atoms with Crippen LogP contribution in [0.25, 0.3) is 10.9 Å². The number of nitrogens with zero attached hydrogens (tertiary/aromatic N) is 2. The molecule has 34 heavy (non-hydrogen) atoms. The molecular formula is C25H22F3N3O3. The second-order valence-corrected chi connectivity index (χ2v) is 7.61. The number of alkyl halides is 3. The van der Waals surface area contributed by atoms with E-state index in [0.717, 1.165) is 28.8 Å². The molecule has 0 fully saturated rings. The molecule has 0 bridgehead atoms. The van der Waals surface area contributed by atoms with E-state index in [1.165, 1.54) is 24.3 Å². The molecule has 2 aromatic heterocycles. The van der Waals surface area contributed by atoms with Crippen molar-refractivity contribution < 1.29 is 27.4 Å². The zero-order chi connectivity index (χ0) is 24.1. The average Bonchev–Trinajstić information content (AvgIpc) is 3.19. The maximum Gasteiger partial charge on any atom is 0.573 e. The van der Waals surface area contributed by atoms with Gasteiger partial charge in [0.05, 0.1) is 12.6 Å². The Labute approximate surface area is 193 Å². The van der Waals surface area contributed by atoms with Gasteiger partial charge in [-0.25, -0.2) is 0 Å². The van der Waals surface area contributed by atoms with E-state index in [0.29, 0.717) is 12.2 Å². The van der Waals surface area contributed by atoms with Crippen LogP contribution in [0.2, 0.25) is 0 Å². The average molecular weight is 469 g/mol. The van der Waals surface area contributed by atoms with Gasteiger partial charge in [-0.15, -0.1) is 13.2 Å². The second-order valence-electron chi connectivity index (χ2n) is 7.61. The highest BCUT2D eigenvalue weighted by Gasteiger charge is 2.30. The number of nitrogens with one attached hydrogen (secondary N) is 1. The van der Waals surface area contributed by atoms with Gasteiger partial charge in [-0.3, -0.25) is 9.78 Å². The molecule has 0 spiro atoms. The number of aryl methyl sites for hydroxylation is 1. The lowest BCUT2D eigenvalue weighted by Crippen LogP contribution is -2.32. The van der Waals surface area contributed by atoms with Gasteiger partial charge < -0.3 is 19.4 Å². The molecule has 1 N–H and O–H groups in total. The summed E-state index contributed by atoms with van der Waals surface area (Å²) in [5.74, 6) is 0.474. The van der Waals surface area contributed by atoms with Gasteiger partial charge in [0.2, 0.25) is 0 Å². The van der Waals surface area contributed by atoms with Crippen LogP contribution in [0.3, 0.4) is 0 Å². The predicted octanol–water partition coefficient (Wildman–Crippen LogP) is 5.41. The SMILES string of the molecule is Cn1ccc2cc(C(=O)NC3CCOc4cccnc43)ccc21.FC(F)(F)Oc1ccccc1. The molecule has 1 unspecified atom stereocenters. The first-order valence-corrected chi connectivity index (χ1v) is 10.5. The van der Waals surface area contributed by atoms with Gasteiger partial charge >= 0.3 is 6.36 Å². The van der Waals surface area contributed by atoms with E-state index < -0.39 is 6.36 Å². The first-order valence-electron chi connectivity index (χ1n) is 10.5. The monoisotopic (exact) mass is 469 g/mol. The van der Waals surface area contributed by atoms with E-state index in [9.17, 15) is 18.0 Å². The molecule has 3 heterocycles. The van der Waals surface area contributed by atoms with Crippen molar-refractivity contribution in [2.45, 2.75) is 18.8 Å². The van der Waals surface area contributed by atoms with Gasteiger partial charge in [0.15, 0.2) is 0 Å². The molecular weight excluding hydrogens is 447 g/mol. The molecule has 0 saturated heterocycles. The fraction of sp³-hybridized carbons (Fsp3) is 0.200. The Morgan fingerprint density at radius 1 is 1.12 bits per heavy atom. The molecule has 9 heteroatoms. The lowest BCUT2D eigenvalue weighted by Gasteiger charge is -2.25. The van der Waals surface area contributed by atoms with Crippen LogP contribution >= 0.6 is 0 Å². The molecule has 1 atom stereocenters. The fourth-order valence-corrected chi connectivity index (χ4v) is 3.64. The molecule has 1 aliphatic heterocycles. The number of halogens is 3. The maximum atomic E-state index is 12.6. The van der Waals surface area contributed by atoms with Gasteiger partial charge in [-0.05, 0) is 48.5 Å². The van der Waals surface area contributed by atoms with Crippen molar-refractivity contribution in [3.63, 3.8) is 0 Å². The van der Waals surface area contributed by atoms with Crippen molar-refractivity contribution >= 4 is 16.8 Å². The number of amides is 1. The van der Waals surface area contributed by atoms with Crippen molar-refractivity contribution in [2.24, 2.45) is 7.05 Å². The Bertz CT molecular complexity index is 1270. The summed E-state index contributed by atoms with van der Waals surface area (Å²) in [4.78, 5) is 16.9. The van der Waals surface area contributed by atoms with Crippen LogP contribution in [-0.4, -0.2) is 28.4 Å². The highest BCUT2D eigenvalue weighted by molar-refractivity contribution is 5.98. The normalized spacial score (nSPS) is 14.9. The second kappa shape index (κ2) is 9.86. The number of hydrogen-bond acceptors (Lipinski definition) is 4. The number of fused-ring (bicyclic) bond motifs is 2. The van der Waals surface area contributed by atoms with Crippen LogP contribution in [0.4, 0.5) is 13.2 Å². The number of aromatic nitrogens is 2. The number of hydrogen-bond donors (Lipinski definition) is 1. The third-order valence-electron chi connectivity index (χ3n) is 5.22. The minimum atomic E-state index is -4.60. The Kier molecular flexibility index (Phi) is 6.72. The molecule has 0 radical (unpaired) electrons. The number of benzene rings is 2. The van der Waals surface area contributed by atoms with E-state index in [-0.39, 0.29) is 17.7 Å². The Hall–Kier alpha value is -4.01. The molecule has 0 aliphatic carbocycles. The number of ether oxygens (including phenoxy) is 2. The number of pyridine rings is 1. The molecule has 5 rings (SSSR count). The van der Waals surface area contributed by atoms with Crippen LogP contribution < -0.4 is 14.8 Å². The van der Waals surface area contributed by atoms with Gasteiger partial charge in [0.1, 0.15) is 17.2 Å². The van der Waals surface area contributed by atoms with Crippen molar-refractivity contribution in [3.05, 3.63) is 90.4 Å². The Morgan fingerprint density at radius 3 is 2.68 bits per heavy atom. The third kappa shape index (κ3) is 5.67. The first-order chi connectivity index (χ1) is 16.3. The first kappa shape index (κ1) is 23.2. The van der Waals surface area contributed by atoms with Crippen LogP contribution in [0.1, 0.15) is 28.5 Å². The van der Waals surface area contributed by atoms with Crippen molar-refractivity contribution in [2.75, 3.05) is 6.61 Å². The van der Waals surface area contributed by atoms with E-state index in [4.69, 9.17) is 4.74 Å². The number of para-hydroxylation sites is 1. The molecule has 1 amide bonds. The summed E-state index contributed by atoms with van der Waals surface area (Å²) in [6.07, 6.45) is -0.154. The highest BCUT2D eigenvalue weighted by atomic mass is 19.4. The largest absolute Gasteiger partial charge is 0.573 e. The third-order valence-corrected chi connectivity index (χ3v) is 5.22. The number of carbonyl (C=O) groups excluding carboxylic acids is 1. The summed E-state index contributed by atoms with van der Waals surface area (Å²) in [6.45, 7) is 0.585. The van der Waals surface area contributed by atoms with Crippen molar-refractivity contribution in [3.8, 4) is 11.5 Å². The van der Waals surface area contributed by atoms with Gasteiger partial charge in [-0.2, -0.15) is 0 Å². The summed E-state index contributed by atoms with van der Waals surface area (Å²) in [7, 11) is 1.99. The molecule has 6 nitrogen and oxygen atoms in total. The molecule has 1 aliphatic rings. The van der Waals surface area contributed by atoms with Crippen molar-refractivity contribution in [1.29, 1.82) is 0 Å². The van der Waals surface area contributed by atoms with Gasteiger partial charge in [0.25, 0.3) is 5.91 Å². The summed E-state index contributed by atoms with van der Waals surface area (Å²) >= 11 is 0. The summed E-state index contributed by atoms with van der Waals surface area (Å²) in [6, 6.07) is 18.4. The lowest BCUT2D eigenvalue weighted by molar-refractivity contribution is -0.274. The zero-order valence-electron chi connectivity index (χ0n) is 18.3. The number of rotatable bonds is 3. The van der Waals surface area contributed by atoms with E-state index >= 15 is 0 Å². The molecule has 0 saturated carbocycles. The lowest BCUT2D eigenvalue weighted by atomic mass is 10.1. The van der Waals surface area contributed by atoms with E-state index in [1.54, 1.807) is 12.3 Å². The molecule has 4 aromatic rings. The summed E-state index contributed by atoms with van der Waals surface area (Å²) in [5.41, 5.74) is 2.57. The molecule has 2 aromatic carbocycles. The van der Waals surface area contributed by atoms with Crippen LogP contribution in [-0.2, 0) is 7.05 Å². The standard InChI is InChI=1S/C18H17N3O2.C7H5F3O/c1-21-9-6-12-11-13(4-5-15(12)21)18(22)20-14-7-10-23-16-3-2-8-19-17(14)16;8-7(9,10)11-6-4-2-1-3-5-6/h2-6,8-9,11,14H,7,10H2,1H3,(H,20,22);1-5H. The highest BCUT2D eigenvalue weighted by Crippen LogP contribution is 2.30. The topological polar surface area (TPSA) is 65.4 Å².